The lowest BCUT2D eigenvalue weighted by atomic mass is 9.95. The van der Waals surface area contributed by atoms with E-state index < -0.39 is 98.2 Å². The number of esters is 1. The monoisotopic (exact) mass is 1360 g/mol. The van der Waals surface area contributed by atoms with E-state index in [0.29, 0.717) is 0 Å². The van der Waals surface area contributed by atoms with Gasteiger partial charge in [0.25, 0.3) is 0 Å². The van der Waals surface area contributed by atoms with Crippen LogP contribution in [-0.2, 0) is 135 Å². The molecule has 15 unspecified atom stereocenters. The smallest absolute Gasteiger partial charge is 0.303 e. The fourth-order valence-corrected chi connectivity index (χ4v) is 12.5. The molecule has 9 aromatic carbocycles. The van der Waals surface area contributed by atoms with Crippen LogP contribution in [0.15, 0.2) is 273 Å². The summed E-state index contributed by atoms with van der Waals surface area (Å²) in [5.41, 5.74) is 7.80. The van der Waals surface area contributed by atoms with Crippen LogP contribution in [0.2, 0.25) is 0 Å². The fraction of sp³-hybridized carbons (Fsp3) is 0.337. The zero-order valence-corrected chi connectivity index (χ0v) is 56.0. The molecule has 0 spiro atoms. The molecule has 0 radical (unpaired) electrons. The summed E-state index contributed by atoms with van der Waals surface area (Å²) in [6.07, 6.45) is -19.4. The predicted molar refractivity (Wildman–Crippen MR) is 371 cm³/mol. The van der Waals surface area contributed by atoms with Crippen LogP contribution < -0.4 is 0 Å². The summed E-state index contributed by atoms with van der Waals surface area (Å²) in [4.78, 5) is 14.0. The molecule has 17 heteroatoms. The van der Waals surface area contributed by atoms with E-state index >= 15 is 4.39 Å². The van der Waals surface area contributed by atoms with Crippen LogP contribution in [0.4, 0.5) is 4.39 Å². The Kier molecular flexibility index (Phi) is 27.2. The Balaban J connectivity index is 0.975. The van der Waals surface area contributed by atoms with Gasteiger partial charge in [-0.05, 0) is 50.1 Å². The summed E-state index contributed by atoms with van der Waals surface area (Å²) in [5.74, 6) is -0.665. The third kappa shape index (κ3) is 21.0. The Morgan fingerprint density at radius 2 is 0.500 bits per heavy atom. The van der Waals surface area contributed by atoms with Gasteiger partial charge in [0.15, 0.2) is 18.7 Å². The van der Waals surface area contributed by atoms with Gasteiger partial charge in [0.2, 0.25) is 6.36 Å². The average Bonchev–Trinajstić information content (AvgIpc) is 0.763. The van der Waals surface area contributed by atoms with Crippen LogP contribution in [-0.4, -0.2) is 118 Å². The number of carbonyl (C=O) groups excluding carboxylic acids is 1. The van der Waals surface area contributed by atoms with Crippen LogP contribution in [0.1, 0.15) is 57.0 Å². The summed E-state index contributed by atoms with van der Waals surface area (Å²) in [7, 11) is 0. The first-order chi connectivity index (χ1) is 49.3. The minimum absolute atomic E-state index is 0.0199. The van der Waals surface area contributed by atoms with Gasteiger partial charge >= 0.3 is 5.97 Å². The summed E-state index contributed by atoms with van der Waals surface area (Å²) >= 11 is 0. The standard InChI is InChI=1S/C83H87FO16/c1-59(85)95-79-76(93-54-67-43-25-9-26-44-67)73(90-51-64-37-19-6-20-38-64)70(57-87-48-61-31-13-3-14-32-61)97-82(79)100-80-77(94-55-68-45-27-10-28-46-68)74(91-52-65-39-21-7-22-40-65)71(58-88-49-62-33-15-4-16-34-62)98-83(80)99-78-75(92-53-66-41-23-8-24-42-66)72(89-50-63-35-17-5-18-36-63)69(96-81(78)84)56-86-47-60-29-11-2-12-30-60/h2-46,69-83H,47-58H2,1H3. The topological polar surface area (TPSA) is 156 Å². The van der Waals surface area contributed by atoms with Crippen molar-refractivity contribution in [3.8, 4) is 0 Å². The van der Waals surface area contributed by atoms with Gasteiger partial charge in [-0.3, -0.25) is 4.79 Å². The largest absolute Gasteiger partial charge is 0.454 e. The highest BCUT2D eigenvalue weighted by Crippen LogP contribution is 2.40. The fourth-order valence-electron chi connectivity index (χ4n) is 12.5. The highest BCUT2D eigenvalue weighted by Gasteiger charge is 2.58. The third-order valence-electron chi connectivity index (χ3n) is 17.5. The molecular formula is C83H87FO16. The van der Waals surface area contributed by atoms with Gasteiger partial charge in [-0.2, -0.15) is 0 Å². The number of hydrogen-bond donors (Lipinski definition) is 0. The van der Waals surface area contributed by atoms with Crippen LogP contribution in [0.25, 0.3) is 0 Å². The first kappa shape index (κ1) is 71.6. The molecule has 16 nitrogen and oxygen atoms in total. The molecule has 522 valence electrons. The molecule has 0 saturated carbocycles. The van der Waals surface area contributed by atoms with Gasteiger partial charge in [-0.25, -0.2) is 4.39 Å². The number of carbonyl (C=O) groups is 1. The maximum atomic E-state index is 18.4. The van der Waals surface area contributed by atoms with Crippen molar-refractivity contribution in [2.24, 2.45) is 0 Å². The Morgan fingerprint density at radius 3 is 0.780 bits per heavy atom. The van der Waals surface area contributed by atoms with Gasteiger partial charge in [-0.1, -0.05) is 273 Å². The number of halogens is 1. The van der Waals surface area contributed by atoms with Crippen LogP contribution in [0.3, 0.4) is 0 Å². The molecule has 0 N–H and O–H groups in total. The average molecular weight is 1360 g/mol. The number of benzene rings is 9. The molecule has 3 saturated heterocycles. The first-order valence-electron chi connectivity index (χ1n) is 34.2. The number of rotatable bonds is 35. The van der Waals surface area contributed by atoms with Crippen molar-refractivity contribution < 1.29 is 80.2 Å². The zero-order chi connectivity index (χ0) is 68.3. The Hall–Kier alpha value is -8.18. The lowest BCUT2D eigenvalue weighted by Crippen LogP contribution is -2.68. The van der Waals surface area contributed by atoms with Gasteiger partial charge in [0.05, 0.1) is 79.3 Å². The Labute approximate surface area is 584 Å². The van der Waals surface area contributed by atoms with Gasteiger partial charge < -0.3 is 71.1 Å². The van der Waals surface area contributed by atoms with Gasteiger partial charge in [0.1, 0.15) is 67.1 Å². The number of hydrogen-bond acceptors (Lipinski definition) is 16. The normalized spacial score (nSPS) is 25.2. The number of ether oxygens (including phenoxy) is 15. The quantitative estimate of drug-likeness (QED) is 0.0346. The van der Waals surface area contributed by atoms with E-state index in [1.54, 1.807) is 0 Å². The predicted octanol–water partition coefficient (Wildman–Crippen LogP) is 14.0. The van der Waals surface area contributed by atoms with E-state index in [4.69, 9.17) is 71.1 Å². The minimum Gasteiger partial charge on any atom is -0.454 e. The van der Waals surface area contributed by atoms with Gasteiger partial charge in [0, 0.05) is 6.92 Å². The van der Waals surface area contributed by atoms with Crippen LogP contribution >= 0.6 is 0 Å². The molecular weight excluding hydrogens is 1270 g/mol. The van der Waals surface area contributed by atoms with E-state index in [1.807, 2.05) is 273 Å². The lowest BCUT2D eigenvalue weighted by molar-refractivity contribution is -0.398. The molecule has 9 aromatic rings. The molecule has 0 amide bonds. The third-order valence-corrected chi connectivity index (χ3v) is 17.5. The molecule has 3 aliphatic heterocycles. The maximum Gasteiger partial charge on any atom is 0.303 e. The van der Waals surface area contributed by atoms with Crippen molar-refractivity contribution in [3.63, 3.8) is 0 Å². The van der Waals surface area contributed by atoms with E-state index in [0.717, 1.165) is 50.1 Å². The Bertz CT molecular complexity index is 3730. The maximum absolute atomic E-state index is 18.4. The summed E-state index contributed by atoms with van der Waals surface area (Å²) in [6.45, 7) is 2.16. The highest BCUT2D eigenvalue weighted by atomic mass is 19.1. The van der Waals surface area contributed by atoms with E-state index in [-0.39, 0.29) is 79.3 Å². The number of alkyl halides is 1. The summed E-state index contributed by atoms with van der Waals surface area (Å²) in [5, 5.41) is 0. The minimum atomic E-state index is -2.21. The molecule has 3 aliphatic rings. The van der Waals surface area contributed by atoms with Gasteiger partial charge in [-0.15, -0.1) is 0 Å². The second-order valence-corrected chi connectivity index (χ2v) is 25.0. The first-order valence-corrected chi connectivity index (χ1v) is 34.2. The van der Waals surface area contributed by atoms with E-state index in [1.165, 1.54) is 6.92 Å². The van der Waals surface area contributed by atoms with Crippen molar-refractivity contribution in [2.75, 3.05) is 19.8 Å². The molecule has 0 aromatic heterocycles. The van der Waals surface area contributed by atoms with Crippen molar-refractivity contribution >= 4 is 5.97 Å². The van der Waals surface area contributed by atoms with Crippen molar-refractivity contribution in [3.05, 3.63) is 323 Å². The van der Waals surface area contributed by atoms with Crippen molar-refractivity contribution in [1.82, 2.24) is 0 Å². The molecule has 0 aliphatic carbocycles. The SMILES string of the molecule is CC(=O)OC1C(OC2C(OC3C(F)OC(COCc4ccccc4)C(OCc4ccccc4)C3OCc3ccccc3)OC(COCc3ccccc3)C(OCc3ccccc3)C2OCc2ccccc2)OC(COCc2ccccc2)C(OCc2ccccc2)C1OCc1ccccc1. The van der Waals surface area contributed by atoms with Crippen molar-refractivity contribution in [1.29, 1.82) is 0 Å². The molecule has 100 heavy (non-hydrogen) atoms. The van der Waals surface area contributed by atoms with E-state index in [2.05, 4.69) is 0 Å². The second-order valence-electron chi connectivity index (χ2n) is 25.0. The molecule has 3 fully saturated rings. The van der Waals surface area contributed by atoms with Crippen LogP contribution in [0.5, 0.6) is 0 Å². The van der Waals surface area contributed by atoms with Crippen LogP contribution in [0, 0.1) is 0 Å². The summed E-state index contributed by atoms with van der Waals surface area (Å²) < 4.78 is 123. The lowest BCUT2D eigenvalue weighted by Gasteiger charge is -2.51. The van der Waals surface area contributed by atoms with E-state index in [9.17, 15) is 4.79 Å². The molecule has 0 bridgehead atoms. The highest BCUT2D eigenvalue weighted by molar-refractivity contribution is 5.66. The zero-order valence-electron chi connectivity index (χ0n) is 56.0. The second kappa shape index (κ2) is 38.0. The molecule has 12 rings (SSSR count). The summed E-state index contributed by atoms with van der Waals surface area (Å²) in [6, 6.07) is 87.3. The van der Waals surface area contributed by atoms with Crippen molar-refractivity contribution in [2.45, 2.75) is 159 Å². The molecule has 15 atom stereocenters. The Morgan fingerprint density at radius 1 is 0.280 bits per heavy atom. The molecule has 3 heterocycles.